The molecule has 0 aromatic rings. The van der Waals surface area contributed by atoms with Gasteiger partial charge in [0, 0.05) is 19.6 Å². The van der Waals surface area contributed by atoms with Crippen LogP contribution in [0.2, 0.25) is 0 Å². The first kappa shape index (κ1) is 32.4. The lowest BCUT2D eigenvalue weighted by Gasteiger charge is -2.35. The molecule has 214 valence electrons. The van der Waals surface area contributed by atoms with E-state index in [0.29, 0.717) is 0 Å². The predicted octanol–water partition coefficient (Wildman–Crippen LogP) is 4.55. The maximum atomic E-state index is 13.6. The van der Waals surface area contributed by atoms with Crippen molar-refractivity contribution in [3.05, 3.63) is 0 Å². The number of esters is 1. The van der Waals surface area contributed by atoms with Crippen molar-refractivity contribution in [1.29, 1.82) is 0 Å². The van der Waals surface area contributed by atoms with E-state index in [1.807, 2.05) is 0 Å². The fourth-order valence-corrected chi connectivity index (χ4v) is 2.65. The van der Waals surface area contributed by atoms with Gasteiger partial charge in [0.1, 0.15) is 12.7 Å². The van der Waals surface area contributed by atoms with Gasteiger partial charge in [0.15, 0.2) is 0 Å². The topological polar surface area (TPSA) is 48.0 Å². The number of carbonyl (C=O) groups is 1. The number of carbonyl (C=O) groups excluding carboxylic acids is 1. The smallest absolute Gasteiger partial charge is 0.413 e. The van der Waals surface area contributed by atoms with Crippen molar-refractivity contribution >= 4 is 5.97 Å². The van der Waals surface area contributed by atoms with Gasteiger partial charge in [0.05, 0.1) is 19.8 Å². The van der Waals surface area contributed by atoms with Crippen LogP contribution in [0.25, 0.3) is 0 Å². The van der Waals surface area contributed by atoms with Crippen molar-refractivity contribution in [3.8, 4) is 0 Å². The molecule has 1 atom stereocenters. The van der Waals surface area contributed by atoms with E-state index in [1.165, 1.54) is 4.90 Å². The molecule has 1 aliphatic heterocycles. The lowest BCUT2D eigenvalue weighted by atomic mass is 9.89. The van der Waals surface area contributed by atoms with Gasteiger partial charge >= 0.3 is 42.5 Å². The van der Waals surface area contributed by atoms with Gasteiger partial charge in [-0.05, 0) is 6.92 Å². The third kappa shape index (κ3) is 6.62. The minimum Gasteiger partial charge on any atom is -0.458 e. The van der Waals surface area contributed by atoms with Crippen LogP contribution >= 0.6 is 0 Å². The molecule has 0 amide bonds. The zero-order valence-corrected chi connectivity index (χ0v) is 18.0. The molecule has 0 radical (unpaired) electrons. The monoisotopic (exact) mass is 567 g/mol. The lowest BCUT2D eigenvalue weighted by Crippen LogP contribution is -2.59. The van der Waals surface area contributed by atoms with E-state index < -0.39 is 80.7 Å². The van der Waals surface area contributed by atoms with Gasteiger partial charge in [-0.25, -0.2) is 8.78 Å². The highest BCUT2D eigenvalue weighted by Crippen LogP contribution is 2.51. The number of alkyl halides is 14. The summed E-state index contributed by atoms with van der Waals surface area (Å²) in [6.45, 7) is -5.76. The third-order valence-electron chi connectivity index (χ3n) is 5.12. The molecule has 0 aliphatic carbocycles. The standard InChI is InChI=1S/C17H19F14NO4/c1-12(16(26,27)28,17(29,30)31)11(33)36-9(6-32-2-4-34-5-3-32)7-35-8-13(20,21)15(24,25)14(22,23)10(18)19/h9-10H,2-8H2,1H3. The minimum atomic E-state index is -6.67. The van der Waals surface area contributed by atoms with Crippen molar-refractivity contribution in [2.45, 2.75) is 49.6 Å². The third-order valence-corrected chi connectivity index (χ3v) is 5.12. The molecule has 0 N–H and O–H groups in total. The predicted molar refractivity (Wildman–Crippen MR) is 89.0 cm³/mol. The molecule has 1 unspecified atom stereocenters. The molecule has 0 bridgehead atoms. The Kier molecular flexibility index (Phi) is 9.90. The highest BCUT2D eigenvalue weighted by Gasteiger charge is 2.76. The van der Waals surface area contributed by atoms with Crippen LogP contribution in [0.4, 0.5) is 61.5 Å². The molecule has 0 aromatic heterocycles. The summed E-state index contributed by atoms with van der Waals surface area (Å²) < 4.78 is 196. The molecular formula is C17H19F14NO4. The Hall–Kier alpha value is -1.63. The summed E-state index contributed by atoms with van der Waals surface area (Å²) in [6, 6.07) is 0. The highest BCUT2D eigenvalue weighted by molar-refractivity contribution is 5.78. The summed E-state index contributed by atoms with van der Waals surface area (Å²) in [4.78, 5) is 13.1. The zero-order chi connectivity index (χ0) is 28.4. The maximum Gasteiger partial charge on any atom is 0.413 e. The van der Waals surface area contributed by atoms with E-state index in [0.717, 1.165) is 0 Å². The Bertz CT molecular complexity index is 720. The first-order chi connectivity index (χ1) is 16.0. The van der Waals surface area contributed by atoms with E-state index in [-0.39, 0.29) is 26.3 Å². The summed E-state index contributed by atoms with van der Waals surface area (Å²) >= 11 is 0. The quantitative estimate of drug-likeness (QED) is 0.271. The molecule has 5 nitrogen and oxygen atoms in total. The normalized spacial score (nSPS) is 18.4. The second-order valence-electron chi connectivity index (χ2n) is 7.78. The highest BCUT2D eigenvalue weighted by atomic mass is 19.4. The largest absolute Gasteiger partial charge is 0.458 e. The lowest BCUT2D eigenvalue weighted by molar-refractivity contribution is -0.346. The van der Waals surface area contributed by atoms with Crippen molar-refractivity contribution in [1.82, 2.24) is 4.90 Å². The Morgan fingerprint density at radius 3 is 1.78 bits per heavy atom. The van der Waals surface area contributed by atoms with Crippen LogP contribution in [0.3, 0.4) is 0 Å². The summed E-state index contributed by atoms with van der Waals surface area (Å²) in [5.74, 6) is -22.1. The zero-order valence-electron chi connectivity index (χ0n) is 18.0. The second kappa shape index (κ2) is 11.0. The molecule has 1 rings (SSSR count). The van der Waals surface area contributed by atoms with Crippen LogP contribution in [0, 0.1) is 5.41 Å². The van der Waals surface area contributed by atoms with Crippen LogP contribution < -0.4 is 0 Å². The number of morpholine rings is 1. The summed E-state index contributed by atoms with van der Waals surface area (Å²) in [6.07, 6.45) is -20.0. The molecular weight excluding hydrogens is 548 g/mol. The van der Waals surface area contributed by atoms with E-state index >= 15 is 0 Å². The van der Waals surface area contributed by atoms with Crippen LogP contribution in [-0.2, 0) is 19.0 Å². The van der Waals surface area contributed by atoms with E-state index in [1.54, 1.807) is 0 Å². The maximum absolute atomic E-state index is 13.6. The van der Waals surface area contributed by atoms with Gasteiger partial charge in [-0.15, -0.1) is 0 Å². The number of hydrogen-bond donors (Lipinski definition) is 0. The minimum absolute atomic E-state index is 0.0165. The van der Waals surface area contributed by atoms with E-state index in [2.05, 4.69) is 9.47 Å². The van der Waals surface area contributed by atoms with Crippen LogP contribution in [0.15, 0.2) is 0 Å². The Balaban J connectivity index is 3.09. The molecule has 1 saturated heterocycles. The molecule has 0 aromatic carbocycles. The van der Waals surface area contributed by atoms with Gasteiger partial charge in [0.2, 0.25) is 0 Å². The van der Waals surface area contributed by atoms with Crippen molar-refractivity contribution < 1.29 is 80.5 Å². The second-order valence-corrected chi connectivity index (χ2v) is 7.78. The van der Waals surface area contributed by atoms with Crippen molar-refractivity contribution in [3.63, 3.8) is 0 Å². The summed E-state index contributed by atoms with van der Waals surface area (Å²) in [5, 5.41) is 0. The molecule has 0 spiro atoms. The van der Waals surface area contributed by atoms with Crippen molar-refractivity contribution in [2.24, 2.45) is 5.41 Å². The van der Waals surface area contributed by atoms with Gasteiger partial charge in [-0.2, -0.15) is 52.7 Å². The number of halogens is 14. The summed E-state index contributed by atoms with van der Waals surface area (Å²) in [7, 11) is 0. The van der Waals surface area contributed by atoms with E-state index in [4.69, 9.17) is 4.74 Å². The number of rotatable bonds is 11. The number of hydrogen-bond acceptors (Lipinski definition) is 5. The first-order valence-electron chi connectivity index (χ1n) is 9.66. The van der Waals surface area contributed by atoms with Crippen LogP contribution in [-0.4, -0.2) is 99.6 Å². The average molecular weight is 567 g/mol. The molecule has 1 aliphatic rings. The van der Waals surface area contributed by atoms with Crippen molar-refractivity contribution in [2.75, 3.05) is 46.1 Å². The van der Waals surface area contributed by atoms with Gasteiger partial charge in [-0.1, -0.05) is 0 Å². The van der Waals surface area contributed by atoms with Crippen LogP contribution in [0.1, 0.15) is 6.92 Å². The van der Waals surface area contributed by atoms with Gasteiger partial charge in [0.25, 0.3) is 5.41 Å². The van der Waals surface area contributed by atoms with E-state index in [9.17, 15) is 66.3 Å². The summed E-state index contributed by atoms with van der Waals surface area (Å²) in [5.41, 5.74) is -5.10. The Labute approximate surface area is 193 Å². The number of nitrogens with zero attached hydrogens (tertiary/aromatic N) is 1. The van der Waals surface area contributed by atoms with Crippen LogP contribution in [0.5, 0.6) is 0 Å². The molecule has 36 heavy (non-hydrogen) atoms. The molecule has 19 heteroatoms. The fourth-order valence-electron chi connectivity index (χ4n) is 2.65. The number of ether oxygens (including phenoxy) is 3. The van der Waals surface area contributed by atoms with Gasteiger partial charge < -0.3 is 14.2 Å². The SMILES string of the molecule is CC(C(=O)OC(COCC(F)(F)C(F)(F)C(F)(F)C(F)F)CN1CCOCC1)(C(F)(F)F)C(F)(F)F. The fraction of sp³-hybridized carbons (Fsp3) is 0.941. The molecule has 0 saturated carbocycles. The molecule has 1 fully saturated rings. The average Bonchev–Trinajstić information content (AvgIpc) is 2.71. The van der Waals surface area contributed by atoms with Gasteiger partial charge in [-0.3, -0.25) is 9.69 Å². The molecule has 1 heterocycles. The Morgan fingerprint density at radius 1 is 0.889 bits per heavy atom. The Morgan fingerprint density at radius 2 is 1.36 bits per heavy atom. The first-order valence-corrected chi connectivity index (χ1v) is 9.66.